The van der Waals surface area contributed by atoms with Crippen molar-refractivity contribution in [2.45, 2.75) is 166 Å². The second-order valence-corrected chi connectivity index (χ2v) is 6.91. The van der Waals surface area contributed by atoms with Crippen LogP contribution in [0.3, 0.4) is 0 Å². The third kappa shape index (κ3) is 206. The summed E-state index contributed by atoms with van der Waals surface area (Å²) in [6.07, 6.45) is 2.07. The Labute approximate surface area is 399 Å². The number of azo groups is 10. The smallest absolute Gasteiger partial charge is 0.591 e. The fourth-order valence-corrected chi connectivity index (χ4v) is 1.49. The van der Waals surface area contributed by atoms with Crippen molar-refractivity contribution >= 4 is 0 Å². The summed E-state index contributed by atoms with van der Waals surface area (Å²) in [6.45, 7) is 13.7. The van der Waals surface area contributed by atoms with Gasteiger partial charge in [0, 0.05) is 15.5 Å². The van der Waals surface area contributed by atoms with Crippen molar-refractivity contribution in [3.05, 3.63) is 14.1 Å². The van der Waals surface area contributed by atoms with Crippen LogP contribution in [-0.2, 0) is 18.6 Å². The molecule has 22 heteroatoms. The van der Waals surface area contributed by atoms with Gasteiger partial charge in [0.1, 0.15) is 0 Å². The summed E-state index contributed by atoms with van der Waals surface area (Å²) < 4.78 is 6.74. The molecule has 0 aliphatic carbocycles. The van der Waals surface area contributed by atoms with E-state index >= 15 is 0 Å². The van der Waals surface area contributed by atoms with Crippen molar-refractivity contribution in [3.8, 4) is 0 Å². The molecule has 0 fully saturated rings. The summed E-state index contributed by atoms with van der Waals surface area (Å²) in [5, 5.41) is 73.4. The molecule has 0 unspecified atom stereocenters. The summed E-state index contributed by atoms with van der Waals surface area (Å²) in [6, 6.07) is 0. The van der Waals surface area contributed by atoms with Gasteiger partial charge in [-0.05, 0) is 33.6 Å². The predicted molar refractivity (Wildman–Crippen MR) is 277 cm³/mol. The molecule has 21 nitrogen and oxygen atoms in total. The van der Waals surface area contributed by atoms with Crippen molar-refractivity contribution in [1.29, 1.82) is 0 Å². The van der Waals surface area contributed by atoms with Crippen molar-refractivity contribution in [3.63, 3.8) is 0 Å². The van der Waals surface area contributed by atoms with Crippen molar-refractivity contribution in [1.82, 2.24) is 4.90 Å². The molecule has 1 radical (unpaired) electrons. The average molecular weight is 933 g/mol. The van der Waals surface area contributed by atoms with Crippen LogP contribution in [-0.4, -0.2) is 98.4 Å². The number of hydrogen-bond donors (Lipinski definition) is 0. The average Bonchev–Trinajstić information content (AvgIpc) is 3.04. The molecule has 0 amide bonds. The Balaban J connectivity index is -0.0000000175. The zero-order valence-corrected chi connectivity index (χ0v) is 29.3. The molecule has 0 aliphatic rings. The summed E-state index contributed by atoms with van der Waals surface area (Å²) in [7, 11) is 10.1. The summed E-state index contributed by atoms with van der Waals surface area (Å²) in [4.78, 5) is 1.41. The predicted octanol–water partition coefficient (Wildman–Crippen LogP) is 18.4. The minimum Gasteiger partial charge on any atom is -0.591 e. The fraction of sp³-hybridized carbons (Fsp3) is 0.949. The molecule has 0 aromatic rings. The van der Waals surface area contributed by atoms with Gasteiger partial charge in [-0.1, -0.05) is 133 Å². The van der Waals surface area contributed by atoms with Gasteiger partial charge in [0.05, 0.1) is 39.4 Å². The van der Waals surface area contributed by atoms with Gasteiger partial charge < -0.3 is 19.0 Å². The zero-order valence-electron chi connectivity index (χ0n) is 28.9. The zero-order chi connectivity index (χ0) is 34.3. The molecule has 0 heterocycles. The first kappa shape index (κ1) is 131. The summed E-state index contributed by atoms with van der Waals surface area (Å²) in [5.74, 6) is 0. The molecule has 0 atom stereocenters. The second kappa shape index (κ2) is 155. The van der Waals surface area contributed by atoms with E-state index < -0.39 is 0 Å². The largest absolute Gasteiger partial charge is 2.00 e. The Morgan fingerprint density at radius 1 is 0.344 bits per heavy atom. The molecule has 0 saturated carbocycles. The van der Waals surface area contributed by atoms with Crippen LogP contribution in [0.4, 0.5) is 0 Å². The monoisotopic (exact) mass is 933 g/mol. The van der Waals surface area contributed by atoms with Crippen molar-refractivity contribution in [2.24, 2.45) is 102 Å². The van der Waals surface area contributed by atoms with Crippen LogP contribution in [0.2, 0.25) is 0 Å². The molecule has 0 bridgehead atoms. The van der Waals surface area contributed by atoms with E-state index in [-0.39, 0.29) is 171 Å². The van der Waals surface area contributed by atoms with Crippen LogP contribution in [0.15, 0.2) is 102 Å². The first-order valence-electron chi connectivity index (χ1n) is 14.6. The van der Waals surface area contributed by atoms with E-state index in [2.05, 4.69) is 130 Å². The van der Waals surface area contributed by atoms with Gasteiger partial charge in [0.2, 0.25) is 0 Å². The molecule has 0 rings (SSSR count). The van der Waals surface area contributed by atoms with Gasteiger partial charge in [-0.3, -0.25) is 0 Å². The molecule has 0 spiro atoms. The standard InChI is InChI=1S/C6H13N7.2C6H14N4.C5H12N6.16CH4.V/c1-7-8-4-9-10-5-11-12-6-13(2)3;2*1-3-5-8-10-6-9-7-4-2;1-3-7-9-5-11-10-4-8-6-2;;;;;;;;;;;;;;;;;/h2-6H2,1H3;2*3-6H2,1-2H3;3-5H2,1-2H3;16*1H4;/q-2;;;;;;;;;;;;;;;;;;;;+2/i;;;1T;;;;;;;;;;;;;;;;;. The molecule has 0 aromatic carbocycles. The number of hydrogen-bond acceptors (Lipinski definition) is 21. The minimum absolute atomic E-state index is 0. The van der Waals surface area contributed by atoms with Gasteiger partial charge in [-0.25, -0.2) is 0 Å². The molecule has 61 heavy (non-hydrogen) atoms. The van der Waals surface area contributed by atoms with Crippen LogP contribution in [0, 0.1) is 14.1 Å². The Morgan fingerprint density at radius 2 is 0.574 bits per heavy atom. The van der Waals surface area contributed by atoms with Crippen molar-refractivity contribution < 1.29 is 19.9 Å². The fourth-order valence-electron chi connectivity index (χ4n) is 1.49. The third-order valence-corrected chi connectivity index (χ3v) is 3.14. The van der Waals surface area contributed by atoms with Gasteiger partial charge in [-0.15, -0.1) is 0 Å². The third-order valence-electron chi connectivity index (χ3n) is 3.14. The SMILES string of the molecule is C.C.C.C.C.C.C.C.C.C.C.C.C.C.C.C.CCCN=NCN=NCC.CCCN=NCN=NCC.[3H]CCN=NCN=NCN=NC.[CH2-]N([CH2-])CN=NCN=NCN=NC.[V+2]. The maximum atomic E-state index is 6.74. The van der Waals surface area contributed by atoms with Crippen LogP contribution in [0.5, 0.6) is 0 Å². The minimum atomic E-state index is 0. The van der Waals surface area contributed by atoms with Crippen LogP contribution in [0.25, 0.3) is 0 Å². The quantitative estimate of drug-likeness (QED) is 0.0790. The maximum absolute atomic E-state index is 6.74. The normalized spacial score (nSPS) is 9.10. The topological polar surface area (TPSA) is 250 Å². The molecule has 383 valence electrons. The van der Waals surface area contributed by atoms with Crippen LogP contribution < -0.4 is 0 Å². The molecule has 0 saturated heterocycles. The van der Waals surface area contributed by atoms with E-state index in [0.717, 1.165) is 39.0 Å². The molecule has 0 aromatic heterocycles. The molecular weight excluding hydrogens is 814 g/mol. The van der Waals surface area contributed by atoms with E-state index in [4.69, 9.17) is 1.37 Å². The number of rotatable bonds is 21. The Hall–Kier alpha value is -3.46. The van der Waals surface area contributed by atoms with Gasteiger partial charge in [0.15, 0.2) is 40.0 Å². The number of nitrogens with zero attached hydrogens (tertiary/aromatic N) is 21. The van der Waals surface area contributed by atoms with E-state index in [0.29, 0.717) is 26.6 Å². The van der Waals surface area contributed by atoms with Gasteiger partial charge in [-0.2, -0.15) is 102 Å². The van der Waals surface area contributed by atoms with E-state index in [1.807, 2.05) is 13.8 Å². The van der Waals surface area contributed by atoms with Gasteiger partial charge >= 0.3 is 18.6 Å². The first-order valence-corrected chi connectivity index (χ1v) is 13.9. The second-order valence-electron chi connectivity index (χ2n) is 6.91. The summed E-state index contributed by atoms with van der Waals surface area (Å²) in [5.41, 5.74) is 0. The molecular formula is C39H117N21V. The van der Waals surface area contributed by atoms with E-state index in [1.54, 1.807) is 14.1 Å². The van der Waals surface area contributed by atoms with Crippen LogP contribution >= 0.6 is 0 Å². The Kier molecular flexibility index (Phi) is 332. The van der Waals surface area contributed by atoms with E-state index in [1.165, 1.54) is 4.90 Å². The van der Waals surface area contributed by atoms with Crippen molar-refractivity contribution in [2.75, 3.05) is 93.5 Å². The Bertz CT molecular complexity index is 829. The first-order chi connectivity index (χ1) is 22.0. The molecule has 0 aliphatic heterocycles. The Morgan fingerprint density at radius 3 is 0.803 bits per heavy atom. The maximum Gasteiger partial charge on any atom is 2.00 e. The van der Waals surface area contributed by atoms with Gasteiger partial charge in [0.25, 0.3) is 0 Å². The molecule has 0 N–H and O–H groups in total. The van der Waals surface area contributed by atoms with E-state index in [9.17, 15) is 0 Å². The van der Waals surface area contributed by atoms with Crippen LogP contribution in [0.1, 0.15) is 168 Å². The summed E-state index contributed by atoms with van der Waals surface area (Å²) >= 11 is 0.